The summed E-state index contributed by atoms with van der Waals surface area (Å²) < 4.78 is 0. The van der Waals surface area contributed by atoms with Crippen LogP contribution in [0, 0.1) is 0 Å². The molecule has 0 heterocycles. The van der Waals surface area contributed by atoms with Gasteiger partial charge in [0.25, 0.3) is 0 Å². The summed E-state index contributed by atoms with van der Waals surface area (Å²) >= 11 is 5.15. The topological polar surface area (TPSA) is 29.1 Å². The molecule has 0 fully saturated rings. The van der Waals surface area contributed by atoms with Crippen molar-refractivity contribution in [1.29, 1.82) is 0 Å². The summed E-state index contributed by atoms with van der Waals surface area (Å²) in [7, 11) is 0. The van der Waals surface area contributed by atoms with E-state index in [4.69, 9.17) is 11.6 Å². The van der Waals surface area contributed by atoms with Crippen LogP contribution in [0.4, 0.5) is 0 Å². The Balaban J connectivity index is 0.00000121. The van der Waals surface area contributed by atoms with Crippen molar-refractivity contribution in [3.05, 3.63) is 24.3 Å². The number of halogens is 2. The number of nitrogens with one attached hydrogen (secondary N) is 1. The smallest absolute Gasteiger partial charge is 0.235 e. The van der Waals surface area contributed by atoms with Gasteiger partial charge in [-0.05, 0) is 18.0 Å². The van der Waals surface area contributed by atoms with Crippen LogP contribution in [0.25, 0.3) is 0 Å². The normalized spacial score (nSPS) is 20.2. The number of carbonyl (C=O) groups is 1. The molecule has 0 aromatic heterocycles. The molecule has 68 valence electrons. The Hall–Kier alpha value is -0.310. The predicted molar refractivity (Wildman–Crippen MR) is 52.8 cm³/mol. The summed E-state index contributed by atoms with van der Waals surface area (Å²) in [5.74, 6) is 0. The zero-order valence-corrected chi connectivity index (χ0v) is 8.07. The third-order valence-electron chi connectivity index (χ3n) is 1.48. The molecule has 2 nitrogen and oxygen atoms in total. The van der Waals surface area contributed by atoms with Crippen LogP contribution in [0.1, 0.15) is 6.42 Å². The summed E-state index contributed by atoms with van der Waals surface area (Å²) in [6.45, 7) is 0.240. The fraction of sp³-hybridized carbons (Fsp3) is 0.375. The molecule has 0 aromatic rings. The fourth-order valence-corrected chi connectivity index (χ4v) is 1.02. The molecule has 1 rings (SSSR count). The first-order valence-corrected chi connectivity index (χ1v) is 3.92. The van der Waals surface area contributed by atoms with Gasteiger partial charge in [0.1, 0.15) is 0 Å². The minimum Gasteiger partial charge on any atom is -0.302 e. The Kier molecular flexibility index (Phi) is 6.07. The Morgan fingerprint density at radius 2 is 2.33 bits per heavy atom. The minimum atomic E-state index is -0.340. The number of hydrogen-bond acceptors (Lipinski definition) is 2. The first-order chi connectivity index (χ1) is 5.29. The lowest BCUT2D eigenvalue weighted by Gasteiger charge is -2.12. The minimum absolute atomic E-state index is 0. The summed E-state index contributed by atoms with van der Waals surface area (Å²) in [4.78, 5) is 10.3. The lowest BCUT2D eigenvalue weighted by Crippen LogP contribution is -2.30. The highest BCUT2D eigenvalue weighted by Crippen LogP contribution is 2.01. The average Bonchev–Trinajstić information content (AvgIpc) is 2.03. The van der Waals surface area contributed by atoms with E-state index in [2.05, 4.69) is 11.4 Å². The second-order valence-corrected chi connectivity index (χ2v) is 2.81. The third kappa shape index (κ3) is 4.54. The summed E-state index contributed by atoms with van der Waals surface area (Å²) in [6, 6.07) is 0.266. The second-order valence-electron chi connectivity index (χ2n) is 2.39. The van der Waals surface area contributed by atoms with Crippen molar-refractivity contribution in [2.45, 2.75) is 12.5 Å². The molecule has 4 heteroatoms. The van der Waals surface area contributed by atoms with Crippen molar-refractivity contribution >= 4 is 29.3 Å². The quantitative estimate of drug-likeness (QED) is 0.714. The van der Waals surface area contributed by atoms with E-state index in [1.54, 1.807) is 0 Å². The van der Waals surface area contributed by atoms with Crippen molar-refractivity contribution in [2.75, 3.05) is 6.54 Å². The van der Waals surface area contributed by atoms with E-state index < -0.39 is 0 Å². The molecule has 0 bridgehead atoms. The Morgan fingerprint density at radius 3 is 2.83 bits per heavy atom. The monoisotopic (exact) mass is 207 g/mol. The molecule has 1 aliphatic rings. The molecular weight excluding hydrogens is 197 g/mol. The highest BCUT2D eigenvalue weighted by atomic mass is 35.5. The maximum atomic E-state index is 10.3. The molecular formula is C8H11Cl2NO. The molecule has 1 aliphatic carbocycles. The molecule has 12 heavy (non-hydrogen) atoms. The van der Waals surface area contributed by atoms with Crippen LogP contribution in [0.5, 0.6) is 0 Å². The van der Waals surface area contributed by atoms with Crippen LogP contribution in [0.2, 0.25) is 0 Å². The van der Waals surface area contributed by atoms with Crippen molar-refractivity contribution in [2.24, 2.45) is 0 Å². The molecule has 0 aromatic carbocycles. The van der Waals surface area contributed by atoms with Gasteiger partial charge in [0.2, 0.25) is 5.24 Å². The lowest BCUT2D eigenvalue weighted by molar-refractivity contribution is -0.111. The van der Waals surface area contributed by atoms with Crippen molar-refractivity contribution in [3.63, 3.8) is 0 Å². The zero-order chi connectivity index (χ0) is 8.10. The van der Waals surface area contributed by atoms with Crippen molar-refractivity contribution in [3.8, 4) is 0 Å². The number of carbonyl (C=O) groups excluding carboxylic acids is 1. The Morgan fingerprint density at radius 1 is 1.58 bits per heavy atom. The molecule has 0 amide bonds. The predicted octanol–water partition coefficient (Wildman–Crippen LogP) is 1.65. The molecule has 1 N–H and O–H groups in total. The van der Waals surface area contributed by atoms with Gasteiger partial charge in [-0.1, -0.05) is 24.3 Å². The number of hydrogen-bond donors (Lipinski definition) is 1. The maximum absolute atomic E-state index is 10.3. The second kappa shape index (κ2) is 6.23. The van der Waals surface area contributed by atoms with Gasteiger partial charge in [-0.3, -0.25) is 4.79 Å². The standard InChI is InChI=1S/C8H10ClNO.ClH/c9-8(11)6-10-7-4-2-1-3-5-7;/h1-4,7,10H,5-6H2;1H. The van der Waals surface area contributed by atoms with Gasteiger partial charge in [-0.15, -0.1) is 12.4 Å². The highest BCUT2D eigenvalue weighted by molar-refractivity contribution is 6.64. The molecule has 1 atom stereocenters. The molecule has 1 unspecified atom stereocenters. The molecule has 0 aliphatic heterocycles. The van der Waals surface area contributed by atoms with Crippen LogP contribution >= 0.6 is 24.0 Å². The van der Waals surface area contributed by atoms with Gasteiger partial charge < -0.3 is 5.32 Å². The first kappa shape index (κ1) is 11.7. The molecule has 0 saturated heterocycles. The van der Waals surface area contributed by atoms with Gasteiger partial charge in [0, 0.05) is 6.04 Å². The molecule has 0 radical (unpaired) electrons. The largest absolute Gasteiger partial charge is 0.302 e. The zero-order valence-electron chi connectivity index (χ0n) is 6.50. The van der Waals surface area contributed by atoms with Gasteiger partial charge in [-0.2, -0.15) is 0 Å². The molecule has 0 saturated carbocycles. The lowest BCUT2D eigenvalue weighted by atomic mass is 10.1. The molecule has 0 spiro atoms. The summed E-state index contributed by atoms with van der Waals surface area (Å²) in [6.07, 6.45) is 8.94. The highest BCUT2D eigenvalue weighted by Gasteiger charge is 2.04. The maximum Gasteiger partial charge on any atom is 0.235 e. The van der Waals surface area contributed by atoms with Crippen molar-refractivity contribution in [1.82, 2.24) is 5.32 Å². The van der Waals surface area contributed by atoms with E-state index in [1.807, 2.05) is 18.2 Å². The number of allylic oxidation sites excluding steroid dienone is 2. The van der Waals surface area contributed by atoms with E-state index in [0.717, 1.165) is 6.42 Å². The van der Waals surface area contributed by atoms with E-state index in [1.165, 1.54) is 0 Å². The van der Waals surface area contributed by atoms with Crippen LogP contribution < -0.4 is 5.32 Å². The van der Waals surface area contributed by atoms with Crippen LogP contribution in [-0.2, 0) is 4.79 Å². The van der Waals surface area contributed by atoms with Gasteiger partial charge >= 0.3 is 0 Å². The average molecular weight is 208 g/mol. The van der Waals surface area contributed by atoms with Gasteiger partial charge in [0.15, 0.2) is 0 Å². The van der Waals surface area contributed by atoms with E-state index in [-0.39, 0.29) is 30.2 Å². The van der Waals surface area contributed by atoms with E-state index in [0.29, 0.717) is 0 Å². The summed E-state index contributed by atoms with van der Waals surface area (Å²) in [5.41, 5.74) is 0. The SMILES string of the molecule is Cl.O=C(Cl)CNC1C=CC=CC1. The fourth-order valence-electron chi connectivity index (χ4n) is 0.943. The Bertz CT molecular complexity index is 201. The van der Waals surface area contributed by atoms with E-state index >= 15 is 0 Å². The summed E-state index contributed by atoms with van der Waals surface area (Å²) in [5, 5.41) is 2.66. The Labute approximate surface area is 83.1 Å². The van der Waals surface area contributed by atoms with E-state index in [9.17, 15) is 4.79 Å². The van der Waals surface area contributed by atoms with Crippen LogP contribution in [-0.4, -0.2) is 17.8 Å². The van der Waals surface area contributed by atoms with Gasteiger partial charge in [-0.25, -0.2) is 0 Å². The van der Waals surface area contributed by atoms with Crippen LogP contribution in [0.3, 0.4) is 0 Å². The van der Waals surface area contributed by atoms with Gasteiger partial charge in [0.05, 0.1) is 6.54 Å². The van der Waals surface area contributed by atoms with Crippen LogP contribution in [0.15, 0.2) is 24.3 Å². The third-order valence-corrected chi connectivity index (χ3v) is 1.62. The first-order valence-electron chi connectivity index (χ1n) is 3.54. The van der Waals surface area contributed by atoms with Crippen molar-refractivity contribution < 1.29 is 4.79 Å². The number of rotatable bonds is 3.